The maximum Gasteiger partial charge on any atom is 0.225 e. The number of thioether (sulfide) groups is 1. The molecule has 1 aromatic rings. The van der Waals surface area contributed by atoms with Gasteiger partial charge in [0.2, 0.25) is 5.12 Å². The van der Waals surface area contributed by atoms with E-state index < -0.39 is 5.60 Å². The van der Waals surface area contributed by atoms with Crippen molar-refractivity contribution < 1.29 is 19.0 Å². The minimum atomic E-state index is -0.858. The third-order valence-electron chi connectivity index (χ3n) is 4.81. The van der Waals surface area contributed by atoms with Gasteiger partial charge in [0, 0.05) is 12.9 Å². The number of carbonyl (C=O) groups is 1. The molecule has 4 nitrogen and oxygen atoms in total. The highest BCUT2D eigenvalue weighted by molar-refractivity contribution is 8.13. The molecule has 5 heteroatoms. The molecule has 0 spiro atoms. The fraction of sp³-hybridized carbons (Fsp3) is 0.611. The lowest BCUT2D eigenvalue weighted by atomic mass is 9.89. The van der Waals surface area contributed by atoms with Crippen molar-refractivity contribution in [3.63, 3.8) is 0 Å². The molecule has 1 aromatic carbocycles. The molecule has 0 aromatic heterocycles. The van der Waals surface area contributed by atoms with Crippen molar-refractivity contribution in [2.24, 2.45) is 0 Å². The van der Waals surface area contributed by atoms with Crippen molar-refractivity contribution >= 4 is 16.9 Å². The molecule has 0 N–H and O–H groups in total. The molecule has 2 aliphatic rings. The number of ether oxygens (including phenoxy) is 3. The summed E-state index contributed by atoms with van der Waals surface area (Å²) in [4.78, 5) is 12.5. The van der Waals surface area contributed by atoms with Gasteiger partial charge in [-0.3, -0.25) is 4.79 Å². The molecule has 0 bridgehead atoms. The SMILES string of the molecule is COc1ccc(C2(OC)CCCSC2=O)cc1OC1CCCC1. The van der Waals surface area contributed by atoms with Crippen LogP contribution in [0.2, 0.25) is 0 Å². The van der Waals surface area contributed by atoms with Gasteiger partial charge in [0.1, 0.15) is 0 Å². The molecule has 0 amide bonds. The quantitative estimate of drug-likeness (QED) is 0.816. The second-order valence-corrected chi connectivity index (χ2v) is 7.23. The van der Waals surface area contributed by atoms with Crippen molar-refractivity contribution in [3.8, 4) is 11.5 Å². The van der Waals surface area contributed by atoms with Gasteiger partial charge < -0.3 is 14.2 Å². The first-order valence-electron chi connectivity index (χ1n) is 8.27. The van der Waals surface area contributed by atoms with Crippen LogP contribution in [0.3, 0.4) is 0 Å². The van der Waals surface area contributed by atoms with Crippen molar-refractivity contribution in [3.05, 3.63) is 23.8 Å². The van der Waals surface area contributed by atoms with Gasteiger partial charge in [0.25, 0.3) is 0 Å². The summed E-state index contributed by atoms with van der Waals surface area (Å²) < 4.78 is 17.3. The molecule has 1 heterocycles. The third-order valence-corrected chi connectivity index (χ3v) is 5.90. The fourth-order valence-corrected chi connectivity index (χ4v) is 4.49. The highest BCUT2D eigenvalue weighted by Crippen LogP contribution is 2.43. The van der Waals surface area contributed by atoms with Crippen molar-refractivity contribution in [1.29, 1.82) is 0 Å². The van der Waals surface area contributed by atoms with Gasteiger partial charge in [-0.1, -0.05) is 17.8 Å². The number of rotatable bonds is 5. The average molecular weight is 336 g/mol. The summed E-state index contributed by atoms with van der Waals surface area (Å²) in [5.74, 6) is 2.30. The van der Waals surface area contributed by atoms with Crippen LogP contribution in [0.25, 0.3) is 0 Å². The number of hydrogen-bond acceptors (Lipinski definition) is 5. The second kappa shape index (κ2) is 7.14. The molecular formula is C18H24O4S. The third kappa shape index (κ3) is 3.22. The first-order valence-corrected chi connectivity index (χ1v) is 9.26. The minimum absolute atomic E-state index is 0.0863. The highest BCUT2D eigenvalue weighted by atomic mass is 32.2. The number of benzene rings is 1. The lowest BCUT2D eigenvalue weighted by Crippen LogP contribution is -2.39. The van der Waals surface area contributed by atoms with E-state index in [1.54, 1.807) is 14.2 Å². The van der Waals surface area contributed by atoms with Crippen LogP contribution in [0.4, 0.5) is 0 Å². The van der Waals surface area contributed by atoms with Gasteiger partial charge in [-0.2, -0.15) is 0 Å². The molecule has 3 rings (SSSR count). The van der Waals surface area contributed by atoms with E-state index in [9.17, 15) is 4.79 Å². The van der Waals surface area contributed by atoms with Crippen molar-refractivity contribution in [1.82, 2.24) is 0 Å². The summed E-state index contributed by atoms with van der Waals surface area (Å²) in [5.41, 5.74) is 0.00850. The topological polar surface area (TPSA) is 44.8 Å². The number of hydrogen-bond donors (Lipinski definition) is 0. The standard InChI is InChI=1S/C18H24O4S/c1-20-15-9-8-13(12-16(15)22-14-6-3-4-7-14)18(21-2)10-5-11-23-17(18)19/h8-9,12,14H,3-7,10-11H2,1-2H3. The molecule has 2 fully saturated rings. The lowest BCUT2D eigenvalue weighted by molar-refractivity contribution is -0.134. The van der Waals surface area contributed by atoms with E-state index in [4.69, 9.17) is 14.2 Å². The van der Waals surface area contributed by atoms with E-state index in [0.29, 0.717) is 12.2 Å². The zero-order chi connectivity index (χ0) is 16.3. The maximum absolute atomic E-state index is 12.5. The summed E-state index contributed by atoms with van der Waals surface area (Å²) >= 11 is 1.36. The van der Waals surface area contributed by atoms with Gasteiger partial charge in [0.15, 0.2) is 17.1 Å². The summed E-state index contributed by atoms with van der Waals surface area (Å²) in [6, 6.07) is 5.74. The van der Waals surface area contributed by atoms with Crippen molar-refractivity contribution in [2.45, 2.75) is 50.2 Å². The predicted molar refractivity (Wildman–Crippen MR) is 91.3 cm³/mol. The molecule has 1 atom stereocenters. The van der Waals surface area contributed by atoms with Gasteiger partial charge in [-0.25, -0.2) is 0 Å². The van der Waals surface area contributed by atoms with Crippen molar-refractivity contribution in [2.75, 3.05) is 20.0 Å². The molecule has 23 heavy (non-hydrogen) atoms. The van der Waals surface area contributed by atoms with Gasteiger partial charge in [-0.05, 0) is 56.2 Å². The van der Waals surface area contributed by atoms with E-state index in [1.807, 2.05) is 18.2 Å². The summed E-state index contributed by atoms with van der Waals surface area (Å²) in [6.45, 7) is 0. The summed E-state index contributed by atoms with van der Waals surface area (Å²) in [6.07, 6.45) is 6.51. The monoisotopic (exact) mass is 336 g/mol. The summed E-state index contributed by atoms with van der Waals surface area (Å²) in [5, 5.41) is 0.0863. The van der Waals surface area contributed by atoms with Crippen LogP contribution in [0.15, 0.2) is 18.2 Å². The van der Waals surface area contributed by atoms with Crippen LogP contribution in [-0.4, -0.2) is 31.2 Å². The van der Waals surface area contributed by atoms with Crippen LogP contribution in [0.1, 0.15) is 44.1 Å². The zero-order valence-corrected chi connectivity index (χ0v) is 14.6. The molecule has 0 radical (unpaired) electrons. The Bertz CT molecular complexity index is 568. The highest BCUT2D eigenvalue weighted by Gasteiger charge is 2.43. The van der Waals surface area contributed by atoms with Gasteiger partial charge in [-0.15, -0.1) is 0 Å². The molecule has 126 valence electrons. The number of methoxy groups -OCH3 is 2. The van der Waals surface area contributed by atoms with Crippen LogP contribution in [-0.2, 0) is 15.1 Å². The second-order valence-electron chi connectivity index (χ2n) is 6.16. The molecule has 1 aliphatic heterocycles. The van der Waals surface area contributed by atoms with Gasteiger partial charge >= 0.3 is 0 Å². The largest absolute Gasteiger partial charge is 0.493 e. The minimum Gasteiger partial charge on any atom is -0.493 e. The Morgan fingerprint density at radius 2 is 1.91 bits per heavy atom. The Kier molecular flexibility index (Phi) is 5.17. The maximum atomic E-state index is 12.5. The predicted octanol–water partition coefficient (Wildman–Crippen LogP) is 3.91. The van der Waals surface area contributed by atoms with E-state index >= 15 is 0 Å². The molecule has 1 unspecified atom stereocenters. The smallest absolute Gasteiger partial charge is 0.225 e. The van der Waals surface area contributed by atoms with Gasteiger partial charge in [0.05, 0.1) is 13.2 Å². The van der Waals surface area contributed by atoms with Crippen LogP contribution >= 0.6 is 11.8 Å². The van der Waals surface area contributed by atoms with Crippen LogP contribution in [0, 0.1) is 0 Å². The normalized spacial score (nSPS) is 25.6. The van der Waals surface area contributed by atoms with E-state index in [1.165, 1.54) is 24.6 Å². The Balaban J connectivity index is 1.93. The lowest BCUT2D eigenvalue weighted by Gasteiger charge is -2.34. The van der Waals surface area contributed by atoms with Crippen LogP contribution < -0.4 is 9.47 Å². The molecule has 1 aliphatic carbocycles. The van der Waals surface area contributed by atoms with E-state index in [0.717, 1.165) is 36.3 Å². The number of carbonyl (C=O) groups excluding carboxylic acids is 1. The Hall–Kier alpha value is -1.20. The average Bonchev–Trinajstić information content (AvgIpc) is 3.08. The summed E-state index contributed by atoms with van der Waals surface area (Å²) in [7, 11) is 3.26. The Morgan fingerprint density at radius 1 is 1.13 bits per heavy atom. The molecular weight excluding hydrogens is 312 g/mol. The van der Waals surface area contributed by atoms with E-state index in [2.05, 4.69) is 0 Å². The zero-order valence-electron chi connectivity index (χ0n) is 13.8. The Morgan fingerprint density at radius 3 is 2.57 bits per heavy atom. The van der Waals surface area contributed by atoms with Crippen LogP contribution in [0.5, 0.6) is 11.5 Å². The first-order chi connectivity index (χ1) is 11.2. The molecule has 1 saturated carbocycles. The first kappa shape index (κ1) is 16.7. The van der Waals surface area contributed by atoms with E-state index in [-0.39, 0.29) is 11.2 Å². The Labute approximate surface area is 141 Å². The fourth-order valence-electron chi connectivity index (χ4n) is 3.48. The molecule has 1 saturated heterocycles.